The van der Waals surface area contributed by atoms with E-state index in [2.05, 4.69) is 0 Å². The summed E-state index contributed by atoms with van der Waals surface area (Å²) in [7, 11) is 0. The maximum Gasteiger partial charge on any atom is 0.200 e. The van der Waals surface area contributed by atoms with Gasteiger partial charge in [0, 0.05) is 5.92 Å². The number of hydrogen-bond donors (Lipinski definition) is 0. The number of benzene rings is 1. The summed E-state index contributed by atoms with van der Waals surface area (Å²) in [5.74, 6) is -11.7. The van der Waals surface area contributed by atoms with Gasteiger partial charge in [-0.3, -0.25) is 4.79 Å². The molecule has 0 atom stereocenters. The van der Waals surface area contributed by atoms with Crippen molar-refractivity contribution in [2.24, 2.45) is 11.8 Å². The minimum absolute atomic E-state index is 0.399. The average molecular weight is 292 g/mol. The summed E-state index contributed by atoms with van der Waals surface area (Å²) in [6, 6.07) is 0. The van der Waals surface area contributed by atoms with Crippen LogP contribution in [-0.2, 0) is 0 Å². The fourth-order valence-corrected chi connectivity index (χ4v) is 2.55. The lowest BCUT2D eigenvalue weighted by atomic mass is 9.79. The number of Topliss-reactive ketones (excluding diaryl/α,β-unsaturated/α-hetero) is 1. The second kappa shape index (κ2) is 5.50. The number of ketones is 1. The zero-order valence-corrected chi connectivity index (χ0v) is 10.8. The van der Waals surface area contributed by atoms with Crippen molar-refractivity contribution in [1.29, 1.82) is 0 Å². The molecule has 0 bridgehead atoms. The van der Waals surface area contributed by atoms with Crippen molar-refractivity contribution in [2.75, 3.05) is 0 Å². The standard InChI is InChI=1S/C14H13F5O/c1-6-2-4-7(5-3-6)14(20)8-9(15)11(17)13(19)12(18)10(8)16/h6-7H,2-5H2,1H3. The topological polar surface area (TPSA) is 17.1 Å². The maximum atomic E-state index is 13.5. The first-order valence-corrected chi connectivity index (χ1v) is 6.40. The van der Waals surface area contributed by atoms with Gasteiger partial charge in [-0.2, -0.15) is 0 Å². The summed E-state index contributed by atoms with van der Waals surface area (Å²) in [5.41, 5.74) is -1.30. The van der Waals surface area contributed by atoms with Gasteiger partial charge >= 0.3 is 0 Å². The molecule has 0 N–H and O–H groups in total. The van der Waals surface area contributed by atoms with Gasteiger partial charge in [0.1, 0.15) is 0 Å². The zero-order valence-electron chi connectivity index (χ0n) is 10.8. The molecule has 0 heterocycles. The number of rotatable bonds is 2. The normalized spacial score (nSPS) is 22.9. The highest BCUT2D eigenvalue weighted by Crippen LogP contribution is 2.33. The minimum atomic E-state index is -2.24. The highest BCUT2D eigenvalue weighted by atomic mass is 19.2. The lowest BCUT2D eigenvalue weighted by molar-refractivity contribution is 0.0863. The molecule has 1 aliphatic carbocycles. The predicted molar refractivity (Wildman–Crippen MR) is 61.7 cm³/mol. The van der Waals surface area contributed by atoms with E-state index < -0.39 is 46.4 Å². The quantitative estimate of drug-likeness (QED) is 0.342. The summed E-state index contributed by atoms with van der Waals surface area (Å²) in [6.45, 7) is 1.99. The fourth-order valence-electron chi connectivity index (χ4n) is 2.55. The number of carbonyl (C=O) groups excluding carboxylic acids is 1. The molecule has 20 heavy (non-hydrogen) atoms. The Labute approximate surface area is 112 Å². The van der Waals surface area contributed by atoms with E-state index in [4.69, 9.17) is 0 Å². The van der Waals surface area contributed by atoms with Crippen LogP contribution in [-0.4, -0.2) is 5.78 Å². The van der Waals surface area contributed by atoms with Gasteiger partial charge in [0.2, 0.25) is 5.82 Å². The van der Waals surface area contributed by atoms with E-state index in [1.807, 2.05) is 6.92 Å². The van der Waals surface area contributed by atoms with Gasteiger partial charge < -0.3 is 0 Å². The van der Waals surface area contributed by atoms with E-state index in [1.54, 1.807) is 0 Å². The molecule has 1 nitrogen and oxygen atoms in total. The smallest absolute Gasteiger partial charge is 0.200 e. The molecule has 1 aromatic rings. The fraction of sp³-hybridized carbons (Fsp3) is 0.500. The van der Waals surface area contributed by atoms with Crippen LogP contribution in [0.25, 0.3) is 0 Å². The largest absolute Gasteiger partial charge is 0.294 e. The maximum absolute atomic E-state index is 13.5. The van der Waals surface area contributed by atoms with E-state index in [1.165, 1.54) is 0 Å². The summed E-state index contributed by atoms with van der Waals surface area (Å²) in [4.78, 5) is 12.0. The molecule has 110 valence electrons. The molecule has 0 aliphatic heterocycles. The van der Waals surface area contributed by atoms with Gasteiger partial charge in [0.15, 0.2) is 29.1 Å². The number of halogens is 5. The molecule has 1 aromatic carbocycles. The molecule has 0 spiro atoms. The van der Waals surface area contributed by atoms with E-state index in [0.717, 1.165) is 0 Å². The van der Waals surface area contributed by atoms with Crippen LogP contribution >= 0.6 is 0 Å². The summed E-state index contributed by atoms with van der Waals surface area (Å²) < 4.78 is 66.2. The van der Waals surface area contributed by atoms with E-state index >= 15 is 0 Å². The second-order valence-electron chi connectivity index (χ2n) is 5.27. The van der Waals surface area contributed by atoms with Crippen molar-refractivity contribution >= 4 is 5.78 Å². The lowest BCUT2D eigenvalue weighted by Gasteiger charge is -2.25. The molecule has 1 fully saturated rings. The molecule has 6 heteroatoms. The van der Waals surface area contributed by atoms with Crippen LogP contribution in [0.4, 0.5) is 22.0 Å². The highest BCUT2D eigenvalue weighted by molar-refractivity contribution is 5.98. The van der Waals surface area contributed by atoms with Gasteiger partial charge in [-0.05, 0) is 18.8 Å². The van der Waals surface area contributed by atoms with Gasteiger partial charge in [0.25, 0.3) is 0 Å². The molecular weight excluding hydrogens is 279 g/mol. The minimum Gasteiger partial charge on any atom is -0.294 e. The van der Waals surface area contributed by atoms with Crippen LogP contribution in [0, 0.1) is 40.9 Å². The average Bonchev–Trinajstić information content (AvgIpc) is 2.44. The van der Waals surface area contributed by atoms with Crippen molar-refractivity contribution in [2.45, 2.75) is 32.6 Å². The molecule has 1 aliphatic rings. The third-order valence-corrected chi connectivity index (χ3v) is 3.84. The van der Waals surface area contributed by atoms with E-state index in [-0.39, 0.29) is 0 Å². The summed E-state index contributed by atoms with van der Waals surface area (Å²) in [6.07, 6.45) is 2.20. The Balaban J connectivity index is 2.40. The Kier molecular flexibility index (Phi) is 4.11. The van der Waals surface area contributed by atoms with Crippen LogP contribution in [0.3, 0.4) is 0 Å². The van der Waals surface area contributed by atoms with Gasteiger partial charge in [-0.1, -0.05) is 19.8 Å². The van der Waals surface area contributed by atoms with Crippen molar-refractivity contribution in [3.8, 4) is 0 Å². The van der Waals surface area contributed by atoms with Crippen LogP contribution in [0.1, 0.15) is 43.0 Å². The van der Waals surface area contributed by atoms with Crippen LogP contribution < -0.4 is 0 Å². The van der Waals surface area contributed by atoms with E-state index in [9.17, 15) is 26.7 Å². The first-order chi connectivity index (χ1) is 9.34. The Morgan fingerprint density at radius 1 is 0.800 bits per heavy atom. The third kappa shape index (κ3) is 2.43. The van der Waals surface area contributed by atoms with Crippen LogP contribution in [0.5, 0.6) is 0 Å². The Bertz CT molecular complexity index is 518. The van der Waals surface area contributed by atoms with Crippen LogP contribution in [0.15, 0.2) is 0 Å². The van der Waals surface area contributed by atoms with Gasteiger partial charge in [-0.25, -0.2) is 22.0 Å². The Morgan fingerprint density at radius 3 is 1.65 bits per heavy atom. The summed E-state index contributed by atoms with van der Waals surface area (Å²) in [5, 5.41) is 0. The number of hydrogen-bond acceptors (Lipinski definition) is 1. The first-order valence-electron chi connectivity index (χ1n) is 6.40. The van der Waals surface area contributed by atoms with Crippen molar-refractivity contribution < 1.29 is 26.7 Å². The van der Waals surface area contributed by atoms with Crippen molar-refractivity contribution in [3.05, 3.63) is 34.6 Å². The van der Waals surface area contributed by atoms with E-state index in [0.29, 0.717) is 31.6 Å². The van der Waals surface area contributed by atoms with Crippen molar-refractivity contribution in [3.63, 3.8) is 0 Å². The molecule has 0 unspecified atom stereocenters. The highest BCUT2D eigenvalue weighted by Gasteiger charge is 2.34. The van der Waals surface area contributed by atoms with Crippen molar-refractivity contribution in [1.82, 2.24) is 0 Å². The first kappa shape index (κ1) is 14.9. The zero-order chi connectivity index (χ0) is 15.0. The molecule has 0 radical (unpaired) electrons. The molecule has 0 saturated heterocycles. The lowest BCUT2D eigenvalue weighted by Crippen LogP contribution is -2.24. The molecule has 2 rings (SSSR count). The van der Waals surface area contributed by atoms with Gasteiger partial charge in [-0.15, -0.1) is 0 Å². The monoisotopic (exact) mass is 292 g/mol. The SMILES string of the molecule is CC1CCC(C(=O)c2c(F)c(F)c(F)c(F)c2F)CC1. The third-order valence-electron chi connectivity index (χ3n) is 3.84. The second-order valence-corrected chi connectivity index (χ2v) is 5.27. The van der Waals surface area contributed by atoms with Gasteiger partial charge in [0.05, 0.1) is 5.56 Å². The predicted octanol–water partition coefficient (Wildman–Crippen LogP) is 4.39. The molecule has 0 amide bonds. The Morgan fingerprint density at radius 2 is 1.20 bits per heavy atom. The molecule has 0 aromatic heterocycles. The van der Waals surface area contributed by atoms with Crippen LogP contribution in [0.2, 0.25) is 0 Å². The Hall–Kier alpha value is -1.46. The molecular formula is C14H13F5O. The molecule has 1 saturated carbocycles. The number of carbonyl (C=O) groups is 1. The summed E-state index contributed by atoms with van der Waals surface area (Å²) >= 11 is 0.